The Balaban J connectivity index is 1.13. The fraction of sp³-hybridized carbons (Fsp3) is 0.400. The van der Waals surface area contributed by atoms with Gasteiger partial charge in [0.05, 0.1) is 36.4 Å². The number of alkyl halides is 1. The van der Waals surface area contributed by atoms with Crippen LogP contribution in [-0.2, 0) is 14.4 Å². The molecule has 2 saturated heterocycles. The number of rotatable bonds is 10. The highest BCUT2D eigenvalue weighted by Gasteiger charge is 2.40. The van der Waals surface area contributed by atoms with E-state index in [1.165, 1.54) is 36.4 Å². The van der Waals surface area contributed by atoms with Gasteiger partial charge in [-0.15, -0.1) is 0 Å². The van der Waals surface area contributed by atoms with Crippen LogP contribution >= 0.6 is 0 Å². The highest BCUT2D eigenvalue weighted by Crippen LogP contribution is 2.34. The number of halogens is 3. The highest BCUT2D eigenvalue weighted by atomic mass is 19.1. The van der Waals surface area contributed by atoms with Crippen LogP contribution in [0.4, 0.5) is 18.9 Å². The topological polar surface area (TPSA) is 133 Å². The average molecular weight is 663 g/mol. The summed E-state index contributed by atoms with van der Waals surface area (Å²) in [6.45, 7) is 1.43. The molecule has 1 aromatic heterocycles. The second-order valence-electron chi connectivity index (χ2n) is 12.6. The van der Waals surface area contributed by atoms with Crippen molar-refractivity contribution >= 4 is 46.3 Å². The first-order valence-corrected chi connectivity index (χ1v) is 16.2. The summed E-state index contributed by atoms with van der Waals surface area (Å²) >= 11 is 0. The van der Waals surface area contributed by atoms with Crippen LogP contribution in [0.2, 0.25) is 0 Å². The number of nitrogens with one attached hydrogen (secondary N) is 4. The zero-order valence-electron chi connectivity index (χ0n) is 26.4. The molecular weight excluding hydrogens is 625 g/mol. The van der Waals surface area contributed by atoms with Crippen LogP contribution < -0.4 is 21.3 Å². The predicted molar refractivity (Wildman–Crippen MR) is 173 cm³/mol. The molecule has 6 rings (SSSR count). The molecule has 0 bridgehead atoms. The standard InChI is InChI=1S/C35H37F3N6O4/c1-19(31-21(7-6-20-4-5-20)8-11-26(32(31)38)43-34(47)27-3-2-14-39-27)41-35(48)29-16-24(37)18-44(29)30(45)17-40-33(46)28-12-9-22-15-23(36)10-13-25(22)42-28/h6-13,15,19-20,24,27,29,39H,2-5,14,16-18H2,1H3,(H,40,46)(H,41,48)(H,43,47)/b7-6+/t19-,24+,27-,29-/m0/s1. The Morgan fingerprint density at radius 3 is 2.62 bits per heavy atom. The van der Waals surface area contributed by atoms with E-state index in [1.54, 1.807) is 19.1 Å². The molecule has 1 aliphatic carbocycles. The van der Waals surface area contributed by atoms with Crippen molar-refractivity contribution in [3.8, 4) is 0 Å². The van der Waals surface area contributed by atoms with E-state index in [4.69, 9.17) is 0 Å². The molecule has 10 nitrogen and oxygen atoms in total. The number of hydrogen-bond donors (Lipinski definition) is 4. The summed E-state index contributed by atoms with van der Waals surface area (Å²) in [5.41, 5.74) is 1.06. The molecule has 4 amide bonds. The van der Waals surface area contributed by atoms with Crippen molar-refractivity contribution in [3.63, 3.8) is 0 Å². The fourth-order valence-corrected chi connectivity index (χ4v) is 6.21. The molecule has 4 N–H and O–H groups in total. The van der Waals surface area contributed by atoms with Gasteiger partial charge in [0, 0.05) is 17.4 Å². The number of amides is 4. The summed E-state index contributed by atoms with van der Waals surface area (Å²) < 4.78 is 44.2. The van der Waals surface area contributed by atoms with Crippen molar-refractivity contribution in [2.75, 3.05) is 25.0 Å². The maximum atomic E-state index is 16.1. The minimum Gasteiger partial charge on any atom is -0.348 e. The number of aromatic nitrogens is 1. The van der Waals surface area contributed by atoms with Crippen LogP contribution in [0.25, 0.3) is 17.0 Å². The Morgan fingerprint density at radius 1 is 1.06 bits per heavy atom. The van der Waals surface area contributed by atoms with E-state index in [-0.39, 0.29) is 35.8 Å². The predicted octanol–water partition coefficient (Wildman–Crippen LogP) is 4.17. The molecule has 4 atom stereocenters. The lowest BCUT2D eigenvalue weighted by molar-refractivity contribution is -0.138. The van der Waals surface area contributed by atoms with Crippen molar-refractivity contribution in [2.45, 2.75) is 63.3 Å². The second kappa shape index (κ2) is 14.1. The molecule has 2 aromatic carbocycles. The molecule has 3 aromatic rings. The van der Waals surface area contributed by atoms with E-state index in [1.807, 2.05) is 6.08 Å². The maximum absolute atomic E-state index is 16.1. The first-order valence-electron chi connectivity index (χ1n) is 16.2. The Labute approximate surface area is 275 Å². The van der Waals surface area contributed by atoms with Gasteiger partial charge >= 0.3 is 0 Å². The summed E-state index contributed by atoms with van der Waals surface area (Å²) in [6.07, 6.45) is 5.62. The van der Waals surface area contributed by atoms with Gasteiger partial charge < -0.3 is 26.2 Å². The summed E-state index contributed by atoms with van der Waals surface area (Å²) in [6, 6.07) is 7.54. The van der Waals surface area contributed by atoms with Gasteiger partial charge in [0.25, 0.3) is 5.91 Å². The third-order valence-corrected chi connectivity index (χ3v) is 8.97. The van der Waals surface area contributed by atoms with Gasteiger partial charge in [-0.05, 0) is 81.0 Å². The molecule has 48 heavy (non-hydrogen) atoms. The summed E-state index contributed by atoms with van der Waals surface area (Å²) in [7, 11) is 0. The van der Waals surface area contributed by atoms with E-state index >= 15 is 4.39 Å². The zero-order chi connectivity index (χ0) is 33.9. The Kier molecular flexibility index (Phi) is 9.76. The first kappa shape index (κ1) is 33.1. The second-order valence-corrected chi connectivity index (χ2v) is 12.6. The Morgan fingerprint density at radius 2 is 1.88 bits per heavy atom. The molecule has 3 heterocycles. The Hall–Kier alpha value is -4.78. The van der Waals surface area contributed by atoms with Gasteiger partial charge in [-0.1, -0.05) is 24.3 Å². The molecule has 0 spiro atoms. The van der Waals surface area contributed by atoms with E-state index in [0.29, 0.717) is 35.3 Å². The highest BCUT2D eigenvalue weighted by molar-refractivity contribution is 5.98. The van der Waals surface area contributed by atoms with Crippen LogP contribution in [0.5, 0.6) is 0 Å². The van der Waals surface area contributed by atoms with E-state index < -0.39 is 60.2 Å². The number of carbonyl (C=O) groups excluding carboxylic acids is 4. The average Bonchev–Trinajstić information content (AvgIpc) is 3.55. The third kappa shape index (κ3) is 7.51. The quantitative estimate of drug-likeness (QED) is 0.258. The van der Waals surface area contributed by atoms with Crippen LogP contribution in [-0.4, -0.2) is 71.4 Å². The smallest absolute Gasteiger partial charge is 0.270 e. The molecule has 252 valence electrons. The largest absolute Gasteiger partial charge is 0.348 e. The van der Waals surface area contributed by atoms with E-state index in [0.717, 1.165) is 24.2 Å². The number of benzene rings is 2. The molecule has 1 saturated carbocycles. The van der Waals surface area contributed by atoms with Gasteiger partial charge in [0.15, 0.2) is 5.82 Å². The van der Waals surface area contributed by atoms with Crippen molar-refractivity contribution in [1.29, 1.82) is 0 Å². The summed E-state index contributed by atoms with van der Waals surface area (Å²) in [5, 5.41) is 11.5. The normalized spacial score (nSPS) is 21.4. The van der Waals surface area contributed by atoms with E-state index in [9.17, 15) is 28.0 Å². The number of nitrogens with zero attached hydrogens (tertiary/aromatic N) is 2. The lowest BCUT2D eigenvalue weighted by atomic mass is 9.98. The van der Waals surface area contributed by atoms with Crippen LogP contribution in [0.3, 0.4) is 0 Å². The van der Waals surface area contributed by atoms with Crippen LogP contribution in [0.1, 0.15) is 66.7 Å². The number of pyridine rings is 1. The van der Waals surface area contributed by atoms with Gasteiger partial charge in [-0.3, -0.25) is 19.2 Å². The number of allylic oxidation sites excluding steroid dienone is 1. The number of carbonyl (C=O) groups is 4. The van der Waals surface area contributed by atoms with Crippen molar-refractivity contribution < 1.29 is 32.3 Å². The molecule has 0 unspecified atom stereocenters. The van der Waals surface area contributed by atoms with Gasteiger partial charge in [0.2, 0.25) is 17.7 Å². The molecular formula is C35H37F3N6O4. The lowest BCUT2D eigenvalue weighted by Gasteiger charge is -2.26. The van der Waals surface area contributed by atoms with Gasteiger partial charge in [-0.25, -0.2) is 18.2 Å². The van der Waals surface area contributed by atoms with Crippen LogP contribution in [0, 0.1) is 17.6 Å². The summed E-state index contributed by atoms with van der Waals surface area (Å²) in [5.74, 6) is -3.09. The van der Waals surface area contributed by atoms with Gasteiger partial charge in [-0.2, -0.15) is 0 Å². The number of hydrogen-bond acceptors (Lipinski definition) is 6. The first-order chi connectivity index (χ1) is 23.1. The molecule has 2 aliphatic heterocycles. The zero-order valence-corrected chi connectivity index (χ0v) is 26.4. The minimum absolute atomic E-state index is 0.00121. The van der Waals surface area contributed by atoms with Crippen molar-refractivity contribution in [3.05, 3.63) is 77.0 Å². The maximum Gasteiger partial charge on any atom is 0.270 e. The molecule has 3 fully saturated rings. The lowest BCUT2D eigenvalue weighted by Crippen LogP contribution is -2.49. The fourth-order valence-electron chi connectivity index (χ4n) is 6.21. The molecule has 3 aliphatic rings. The minimum atomic E-state index is -1.48. The van der Waals surface area contributed by atoms with E-state index in [2.05, 4.69) is 26.3 Å². The summed E-state index contributed by atoms with van der Waals surface area (Å²) in [4.78, 5) is 57.4. The molecule has 13 heteroatoms. The number of anilines is 1. The third-order valence-electron chi connectivity index (χ3n) is 8.97. The van der Waals surface area contributed by atoms with Crippen LogP contribution in [0.15, 0.2) is 48.5 Å². The van der Waals surface area contributed by atoms with Gasteiger partial charge in [0.1, 0.15) is 23.7 Å². The number of likely N-dealkylation sites (tertiary alicyclic amines) is 1. The molecule has 0 radical (unpaired) electrons. The number of fused-ring (bicyclic) bond motifs is 1. The SMILES string of the molecule is C[C@H](NC(=O)[C@@H]1C[C@@H](F)CN1C(=O)CNC(=O)c1ccc2cc(F)ccc2n1)c1c(/C=C/C2CC2)ccc(NC(=O)[C@@H]2CCCN2)c1F. The Bertz CT molecular complexity index is 1770. The van der Waals surface area contributed by atoms with Crippen molar-refractivity contribution in [2.24, 2.45) is 5.92 Å². The van der Waals surface area contributed by atoms with Crippen molar-refractivity contribution in [1.82, 2.24) is 25.8 Å². The monoisotopic (exact) mass is 662 g/mol.